The van der Waals surface area contributed by atoms with Gasteiger partial charge >= 0.3 is 6.09 Å². The predicted molar refractivity (Wildman–Crippen MR) is 104 cm³/mol. The van der Waals surface area contributed by atoms with Crippen LogP contribution in [0.25, 0.3) is 6.08 Å². The van der Waals surface area contributed by atoms with Crippen molar-refractivity contribution in [1.82, 2.24) is 4.90 Å². The van der Waals surface area contributed by atoms with Gasteiger partial charge in [-0.15, -0.1) is 0 Å². The first-order chi connectivity index (χ1) is 14.2. The lowest BCUT2D eigenvalue weighted by Gasteiger charge is -2.18. The van der Waals surface area contributed by atoms with Crippen molar-refractivity contribution in [2.75, 3.05) is 26.9 Å². The van der Waals surface area contributed by atoms with Crippen molar-refractivity contribution >= 4 is 18.1 Å². The molecule has 2 amide bonds. The summed E-state index contributed by atoms with van der Waals surface area (Å²) >= 11 is 0. The molecule has 0 bridgehead atoms. The van der Waals surface area contributed by atoms with E-state index >= 15 is 0 Å². The molecule has 0 N–H and O–H groups in total. The predicted octanol–water partition coefficient (Wildman–Crippen LogP) is 3.47. The van der Waals surface area contributed by atoms with Crippen molar-refractivity contribution in [3.63, 3.8) is 0 Å². The molecule has 0 aliphatic carbocycles. The van der Waals surface area contributed by atoms with E-state index in [-0.39, 0.29) is 6.61 Å². The third-order valence-corrected chi connectivity index (χ3v) is 4.87. The standard InChI is InChI=1S/C22H21NO6/c1-26-17-9-7-15(18(13-17)21-27-11-12-28-21)8-10-20(24)23-19(14-29-22(23)25)16-5-3-2-4-6-16/h2-10,13,19,21H,11-12,14H2,1H3/b10-8+. The summed E-state index contributed by atoms with van der Waals surface area (Å²) in [5, 5.41) is 0. The molecule has 4 rings (SSSR count). The molecule has 7 heteroatoms. The van der Waals surface area contributed by atoms with Gasteiger partial charge in [-0.3, -0.25) is 4.79 Å². The largest absolute Gasteiger partial charge is 0.497 e. The van der Waals surface area contributed by atoms with Crippen LogP contribution < -0.4 is 4.74 Å². The first kappa shape index (κ1) is 19.2. The zero-order valence-electron chi connectivity index (χ0n) is 15.9. The number of amides is 2. The summed E-state index contributed by atoms with van der Waals surface area (Å²) in [6, 6.07) is 14.3. The van der Waals surface area contributed by atoms with Crippen molar-refractivity contribution < 1.29 is 28.5 Å². The van der Waals surface area contributed by atoms with Gasteiger partial charge in [0.1, 0.15) is 18.4 Å². The number of methoxy groups -OCH3 is 1. The summed E-state index contributed by atoms with van der Waals surface area (Å²) in [5.41, 5.74) is 2.35. The zero-order chi connectivity index (χ0) is 20.2. The molecule has 0 radical (unpaired) electrons. The summed E-state index contributed by atoms with van der Waals surface area (Å²) in [5.74, 6) is 0.214. The number of rotatable bonds is 5. The van der Waals surface area contributed by atoms with Crippen LogP contribution in [0.3, 0.4) is 0 Å². The fraction of sp³-hybridized carbons (Fsp3) is 0.273. The molecule has 1 unspecified atom stereocenters. The Hall–Kier alpha value is -3.16. The van der Waals surface area contributed by atoms with Gasteiger partial charge in [0.15, 0.2) is 6.29 Å². The maximum Gasteiger partial charge on any atom is 0.417 e. The molecule has 2 fully saturated rings. The van der Waals surface area contributed by atoms with Crippen LogP contribution in [0.1, 0.15) is 29.0 Å². The molecule has 1 atom stereocenters. The average molecular weight is 395 g/mol. The number of hydrogen-bond acceptors (Lipinski definition) is 6. The lowest BCUT2D eigenvalue weighted by atomic mass is 10.0. The molecule has 2 aliphatic heterocycles. The Morgan fingerprint density at radius 3 is 2.62 bits per heavy atom. The first-order valence-electron chi connectivity index (χ1n) is 9.31. The Kier molecular flexibility index (Phi) is 5.59. The summed E-state index contributed by atoms with van der Waals surface area (Å²) in [6.07, 6.45) is 1.85. The van der Waals surface area contributed by atoms with Crippen LogP contribution in [0.4, 0.5) is 4.79 Å². The van der Waals surface area contributed by atoms with Crippen LogP contribution in [-0.4, -0.2) is 43.8 Å². The van der Waals surface area contributed by atoms with E-state index in [1.54, 1.807) is 19.3 Å². The number of hydrogen-bond donors (Lipinski definition) is 0. The Morgan fingerprint density at radius 2 is 1.90 bits per heavy atom. The van der Waals surface area contributed by atoms with E-state index in [1.807, 2.05) is 42.5 Å². The summed E-state index contributed by atoms with van der Waals surface area (Å²) in [7, 11) is 1.58. The van der Waals surface area contributed by atoms with Crippen LogP contribution in [0.2, 0.25) is 0 Å². The molecule has 2 aromatic rings. The maximum absolute atomic E-state index is 12.8. The Labute approximate surface area is 168 Å². The third kappa shape index (κ3) is 4.01. The highest BCUT2D eigenvalue weighted by molar-refractivity contribution is 6.02. The Balaban J connectivity index is 1.58. The van der Waals surface area contributed by atoms with Gasteiger partial charge in [0, 0.05) is 11.6 Å². The maximum atomic E-state index is 12.8. The third-order valence-electron chi connectivity index (χ3n) is 4.87. The lowest BCUT2D eigenvalue weighted by molar-refractivity contribution is -0.124. The molecule has 2 aromatic carbocycles. The van der Waals surface area contributed by atoms with Gasteiger partial charge < -0.3 is 18.9 Å². The average Bonchev–Trinajstić information content (AvgIpc) is 3.42. The number of carbonyl (C=O) groups excluding carboxylic acids is 2. The minimum Gasteiger partial charge on any atom is -0.497 e. The topological polar surface area (TPSA) is 74.3 Å². The monoisotopic (exact) mass is 395 g/mol. The zero-order valence-corrected chi connectivity index (χ0v) is 15.9. The van der Waals surface area contributed by atoms with Gasteiger partial charge in [-0.25, -0.2) is 9.69 Å². The number of nitrogens with zero attached hydrogens (tertiary/aromatic N) is 1. The SMILES string of the molecule is COc1ccc(/C=C/C(=O)N2C(=O)OCC2c2ccccc2)c(C2OCCO2)c1. The lowest BCUT2D eigenvalue weighted by Crippen LogP contribution is -2.32. The first-order valence-corrected chi connectivity index (χ1v) is 9.31. The summed E-state index contributed by atoms with van der Waals surface area (Å²) in [4.78, 5) is 26.1. The van der Waals surface area contributed by atoms with Gasteiger partial charge in [-0.1, -0.05) is 36.4 Å². The molecule has 0 spiro atoms. The molecule has 2 aliphatic rings. The highest BCUT2D eigenvalue weighted by Gasteiger charge is 2.37. The van der Waals surface area contributed by atoms with Crippen molar-refractivity contribution in [2.24, 2.45) is 0 Å². The fourth-order valence-corrected chi connectivity index (χ4v) is 3.40. The van der Waals surface area contributed by atoms with Crippen molar-refractivity contribution in [2.45, 2.75) is 12.3 Å². The van der Waals surface area contributed by atoms with Crippen molar-refractivity contribution in [3.05, 3.63) is 71.3 Å². The van der Waals surface area contributed by atoms with Crippen molar-refractivity contribution in [1.29, 1.82) is 0 Å². The van der Waals surface area contributed by atoms with Crippen LogP contribution >= 0.6 is 0 Å². The van der Waals surface area contributed by atoms with E-state index in [0.717, 1.165) is 21.6 Å². The summed E-state index contributed by atoms with van der Waals surface area (Å²) < 4.78 is 21.6. The smallest absolute Gasteiger partial charge is 0.417 e. The number of cyclic esters (lactones) is 1. The van der Waals surface area contributed by atoms with E-state index in [0.29, 0.717) is 19.0 Å². The minimum absolute atomic E-state index is 0.139. The van der Waals surface area contributed by atoms with E-state index in [9.17, 15) is 9.59 Å². The fourth-order valence-electron chi connectivity index (χ4n) is 3.40. The van der Waals surface area contributed by atoms with Crippen LogP contribution in [0.15, 0.2) is 54.6 Å². The molecule has 7 nitrogen and oxygen atoms in total. The number of benzene rings is 2. The molecule has 2 saturated heterocycles. The molecule has 0 saturated carbocycles. The van der Waals surface area contributed by atoms with Gasteiger partial charge in [0.05, 0.1) is 20.3 Å². The van der Waals surface area contributed by atoms with Crippen LogP contribution in [0, 0.1) is 0 Å². The molecular weight excluding hydrogens is 374 g/mol. The number of ether oxygens (including phenoxy) is 4. The van der Waals surface area contributed by atoms with E-state index in [2.05, 4.69) is 0 Å². The molecule has 150 valence electrons. The van der Waals surface area contributed by atoms with E-state index in [4.69, 9.17) is 18.9 Å². The highest BCUT2D eigenvalue weighted by Crippen LogP contribution is 2.31. The van der Waals surface area contributed by atoms with E-state index < -0.39 is 24.3 Å². The molecule has 0 aromatic heterocycles. The van der Waals surface area contributed by atoms with Gasteiger partial charge in [-0.05, 0) is 29.3 Å². The minimum atomic E-state index is -0.647. The van der Waals surface area contributed by atoms with Gasteiger partial charge in [-0.2, -0.15) is 0 Å². The second-order valence-corrected chi connectivity index (χ2v) is 6.61. The normalized spacial score (nSPS) is 19.7. The second kappa shape index (κ2) is 8.46. The number of imide groups is 1. The second-order valence-electron chi connectivity index (χ2n) is 6.61. The van der Waals surface area contributed by atoms with E-state index in [1.165, 1.54) is 6.08 Å². The molecule has 29 heavy (non-hydrogen) atoms. The Morgan fingerprint density at radius 1 is 1.14 bits per heavy atom. The van der Waals surface area contributed by atoms with Gasteiger partial charge in [0.2, 0.25) is 0 Å². The van der Waals surface area contributed by atoms with Gasteiger partial charge in [0.25, 0.3) is 5.91 Å². The summed E-state index contributed by atoms with van der Waals surface area (Å²) in [6.45, 7) is 1.14. The van der Waals surface area contributed by atoms with Crippen molar-refractivity contribution in [3.8, 4) is 5.75 Å². The highest BCUT2D eigenvalue weighted by atomic mass is 16.7. The molecule has 2 heterocycles. The quantitative estimate of drug-likeness (QED) is 0.722. The Bertz CT molecular complexity index is 920. The van der Waals surface area contributed by atoms with Crippen LogP contribution in [0.5, 0.6) is 5.75 Å². The number of carbonyl (C=O) groups is 2. The van der Waals surface area contributed by atoms with Crippen LogP contribution in [-0.2, 0) is 19.0 Å². The molecular formula is C22H21NO6.